The summed E-state index contributed by atoms with van der Waals surface area (Å²) in [5.41, 5.74) is 1.22. The van der Waals surface area contributed by atoms with Crippen molar-refractivity contribution >= 4 is 23.2 Å². The largest absolute Gasteiger partial charge is 0.110 e. The minimum absolute atomic E-state index is 0.278. The fraction of sp³-hybridized carbons (Fsp3) is 0.429. The van der Waals surface area contributed by atoms with E-state index < -0.39 is 0 Å². The minimum atomic E-state index is -0.310. The maximum absolute atomic E-state index is 6.95. The predicted octanol–water partition coefficient (Wildman–Crippen LogP) is 6.91. The zero-order valence-corrected chi connectivity index (χ0v) is 15.1. The molecule has 2 aliphatic carbocycles. The van der Waals surface area contributed by atoms with Crippen LogP contribution in [0.15, 0.2) is 60.7 Å². The van der Waals surface area contributed by atoms with Crippen molar-refractivity contribution in [1.29, 1.82) is 0 Å². The molecule has 0 aliphatic heterocycles. The highest BCUT2D eigenvalue weighted by atomic mass is 35.5. The summed E-state index contributed by atoms with van der Waals surface area (Å²) in [6.07, 6.45) is 18.3. The monoisotopic (exact) mass is 346 g/mol. The third-order valence-electron chi connectivity index (χ3n) is 5.21. The van der Waals surface area contributed by atoms with Crippen LogP contribution in [0.25, 0.3) is 0 Å². The number of rotatable bonds is 3. The molecule has 1 aromatic rings. The molecule has 0 radical (unpaired) electrons. The Bertz CT molecular complexity index is 604. The second kappa shape index (κ2) is 7.28. The Morgan fingerprint density at radius 1 is 1.09 bits per heavy atom. The maximum Gasteiger partial charge on any atom is 0.0834 e. The first-order valence-electron chi connectivity index (χ1n) is 8.56. The molecule has 2 heteroatoms. The normalized spacial score (nSPS) is 34.1. The van der Waals surface area contributed by atoms with Crippen LogP contribution in [0.3, 0.4) is 0 Å². The zero-order chi connectivity index (χ0) is 16.3. The smallest absolute Gasteiger partial charge is 0.0834 e. The molecule has 2 aliphatic rings. The quantitative estimate of drug-likeness (QED) is 0.412. The topological polar surface area (TPSA) is 0 Å². The zero-order valence-electron chi connectivity index (χ0n) is 13.6. The number of alkyl halides is 1. The fourth-order valence-electron chi connectivity index (χ4n) is 3.86. The van der Waals surface area contributed by atoms with Crippen molar-refractivity contribution in [2.45, 2.75) is 43.4 Å². The summed E-state index contributed by atoms with van der Waals surface area (Å²) in [5.74, 6) is 1.56. The molecule has 0 N–H and O–H groups in total. The number of halogens is 2. The Morgan fingerprint density at radius 2 is 1.78 bits per heavy atom. The van der Waals surface area contributed by atoms with Gasteiger partial charge in [-0.05, 0) is 62.1 Å². The van der Waals surface area contributed by atoms with E-state index in [-0.39, 0.29) is 10.8 Å². The van der Waals surface area contributed by atoms with Crippen molar-refractivity contribution in [3.8, 4) is 0 Å². The molecule has 0 amide bonds. The summed E-state index contributed by atoms with van der Waals surface area (Å²) in [6, 6.07) is 8.07. The first-order valence-corrected chi connectivity index (χ1v) is 9.32. The lowest BCUT2D eigenvalue weighted by Crippen LogP contribution is -2.32. The van der Waals surface area contributed by atoms with Gasteiger partial charge < -0.3 is 0 Å². The molecular formula is C21H24Cl2. The highest BCUT2D eigenvalue weighted by Crippen LogP contribution is 2.44. The minimum Gasteiger partial charge on any atom is -0.110 e. The van der Waals surface area contributed by atoms with E-state index in [0.717, 1.165) is 10.9 Å². The first-order chi connectivity index (χ1) is 11.1. The molecule has 1 aromatic carbocycles. The van der Waals surface area contributed by atoms with E-state index in [1.807, 2.05) is 18.2 Å². The van der Waals surface area contributed by atoms with E-state index in [0.29, 0.717) is 5.92 Å². The molecule has 0 nitrogen and oxygen atoms in total. The van der Waals surface area contributed by atoms with Crippen molar-refractivity contribution in [2.24, 2.45) is 11.8 Å². The standard InChI is InChI=1S/C21H24Cl2/c1-2-4-16-7-9-19(10-8-16)21(23)13-11-17(12-14-21)18-5-3-6-20(22)15-18/h2-6,11-17,19H,7-10H2,1H3/b4-2+. The predicted molar refractivity (Wildman–Crippen MR) is 101 cm³/mol. The van der Waals surface area contributed by atoms with Crippen LogP contribution in [0.2, 0.25) is 5.02 Å². The highest BCUT2D eigenvalue weighted by molar-refractivity contribution is 6.30. The van der Waals surface area contributed by atoms with Gasteiger partial charge in [0.1, 0.15) is 0 Å². The fourth-order valence-corrected chi connectivity index (χ4v) is 4.42. The van der Waals surface area contributed by atoms with E-state index >= 15 is 0 Å². The van der Waals surface area contributed by atoms with E-state index in [9.17, 15) is 0 Å². The highest BCUT2D eigenvalue weighted by Gasteiger charge is 2.36. The SMILES string of the molecule is C/C=C/C1CCC(C2(Cl)C=CC(c3cccc(Cl)c3)C=C2)CC1. The van der Waals surface area contributed by atoms with Gasteiger partial charge >= 0.3 is 0 Å². The Hall–Kier alpha value is -0.980. The Morgan fingerprint density at radius 3 is 2.39 bits per heavy atom. The van der Waals surface area contributed by atoms with E-state index in [4.69, 9.17) is 23.2 Å². The summed E-state index contributed by atoms with van der Waals surface area (Å²) >= 11 is 13.0. The molecule has 0 bridgehead atoms. The van der Waals surface area contributed by atoms with Gasteiger partial charge in [-0.15, -0.1) is 11.6 Å². The summed E-state index contributed by atoms with van der Waals surface area (Å²) in [7, 11) is 0. The maximum atomic E-state index is 6.95. The summed E-state index contributed by atoms with van der Waals surface area (Å²) in [5, 5.41) is 0.786. The van der Waals surface area contributed by atoms with Gasteiger partial charge in [0.2, 0.25) is 0 Å². The van der Waals surface area contributed by atoms with Crippen molar-refractivity contribution < 1.29 is 0 Å². The molecule has 1 fully saturated rings. The molecular weight excluding hydrogens is 323 g/mol. The molecule has 23 heavy (non-hydrogen) atoms. The molecule has 1 saturated carbocycles. The molecule has 0 aromatic heterocycles. The van der Waals surface area contributed by atoms with Crippen molar-refractivity contribution in [1.82, 2.24) is 0 Å². The number of allylic oxidation sites excluding steroid dienone is 6. The number of benzene rings is 1. The van der Waals surface area contributed by atoms with Crippen molar-refractivity contribution in [3.63, 3.8) is 0 Å². The van der Waals surface area contributed by atoms with Gasteiger partial charge in [-0.2, -0.15) is 0 Å². The molecule has 0 spiro atoms. The lowest BCUT2D eigenvalue weighted by molar-refractivity contribution is 0.289. The van der Waals surface area contributed by atoms with Crippen LogP contribution >= 0.6 is 23.2 Å². The van der Waals surface area contributed by atoms with Gasteiger partial charge in [-0.3, -0.25) is 0 Å². The van der Waals surface area contributed by atoms with Crippen LogP contribution in [0.4, 0.5) is 0 Å². The number of hydrogen-bond donors (Lipinski definition) is 0. The van der Waals surface area contributed by atoms with Gasteiger partial charge in [0.25, 0.3) is 0 Å². The Kier molecular flexibility index (Phi) is 5.34. The number of hydrogen-bond acceptors (Lipinski definition) is 0. The van der Waals surface area contributed by atoms with E-state index in [1.165, 1.54) is 31.2 Å². The summed E-state index contributed by atoms with van der Waals surface area (Å²) in [6.45, 7) is 2.11. The van der Waals surface area contributed by atoms with Crippen LogP contribution in [0.1, 0.15) is 44.1 Å². The van der Waals surface area contributed by atoms with Crippen molar-refractivity contribution in [2.75, 3.05) is 0 Å². The summed E-state index contributed by atoms with van der Waals surface area (Å²) < 4.78 is 0. The molecule has 0 saturated heterocycles. The van der Waals surface area contributed by atoms with Gasteiger partial charge in [-0.25, -0.2) is 0 Å². The third kappa shape index (κ3) is 3.92. The molecule has 3 rings (SSSR count). The van der Waals surface area contributed by atoms with Crippen molar-refractivity contribution in [3.05, 3.63) is 71.3 Å². The van der Waals surface area contributed by atoms with Gasteiger partial charge in [0.05, 0.1) is 4.87 Å². The molecule has 0 unspecified atom stereocenters. The lowest BCUT2D eigenvalue weighted by Gasteiger charge is -2.37. The van der Waals surface area contributed by atoms with Gasteiger partial charge in [0, 0.05) is 10.9 Å². The second-order valence-electron chi connectivity index (χ2n) is 6.76. The van der Waals surface area contributed by atoms with Crippen LogP contribution < -0.4 is 0 Å². The summed E-state index contributed by atoms with van der Waals surface area (Å²) in [4.78, 5) is -0.310. The Balaban J connectivity index is 1.67. The average Bonchev–Trinajstić information content (AvgIpc) is 2.56. The van der Waals surface area contributed by atoms with Gasteiger partial charge in [-0.1, -0.05) is 60.2 Å². The van der Waals surface area contributed by atoms with Crippen LogP contribution in [0, 0.1) is 11.8 Å². The second-order valence-corrected chi connectivity index (χ2v) is 7.85. The lowest BCUT2D eigenvalue weighted by atomic mass is 9.73. The van der Waals surface area contributed by atoms with Crippen LogP contribution in [0.5, 0.6) is 0 Å². The van der Waals surface area contributed by atoms with E-state index in [1.54, 1.807) is 0 Å². The molecule has 0 atom stereocenters. The van der Waals surface area contributed by atoms with E-state index in [2.05, 4.69) is 49.4 Å². The third-order valence-corrected chi connectivity index (χ3v) is 6.01. The molecule has 122 valence electrons. The Labute approximate surface area is 149 Å². The average molecular weight is 347 g/mol. The van der Waals surface area contributed by atoms with Crippen LogP contribution in [-0.2, 0) is 0 Å². The first kappa shape index (κ1) is 16.9. The van der Waals surface area contributed by atoms with Crippen LogP contribution in [-0.4, -0.2) is 4.87 Å². The molecule has 0 heterocycles. The van der Waals surface area contributed by atoms with Gasteiger partial charge in [0.15, 0.2) is 0 Å².